The fourth-order valence-corrected chi connectivity index (χ4v) is 3.27. The Balaban J connectivity index is 1.63. The minimum atomic E-state index is 0.659. The quantitative estimate of drug-likeness (QED) is 0.746. The van der Waals surface area contributed by atoms with Gasteiger partial charge in [0.1, 0.15) is 11.5 Å². The summed E-state index contributed by atoms with van der Waals surface area (Å²) in [5.41, 5.74) is 1.19. The summed E-state index contributed by atoms with van der Waals surface area (Å²) in [7, 11) is 0. The van der Waals surface area contributed by atoms with E-state index in [-0.39, 0.29) is 0 Å². The van der Waals surface area contributed by atoms with Crippen LogP contribution in [0.25, 0.3) is 0 Å². The average Bonchev–Trinajstić information content (AvgIpc) is 3.01. The SMILES string of the molecule is CCSc1ccccc1NCc1ccc(C2CC2C)o1. The highest BCUT2D eigenvalue weighted by Gasteiger charge is 2.36. The van der Waals surface area contributed by atoms with Gasteiger partial charge >= 0.3 is 0 Å². The van der Waals surface area contributed by atoms with Crippen LogP contribution in [0.5, 0.6) is 0 Å². The molecule has 3 heteroatoms. The maximum Gasteiger partial charge on any atom is 0.123 e. The lowest BCUT2D eigenvalue weighted by Gasteiger charge is -2.09. The first-order chi connectivity index (χ1) is 9.78. The van der Waals surface area contributed by atoms with Gasteiger partial charge in [0.2, 0.25) is 0 Å². The molecule has 2 atom stereocenters. The Kier molecular flexibility index (Phi) is 4.06. The van der Waals surface area contributed by atoms with E-state index >= 15 is 0 Å². The van der Waals surface area contributed by atoms with Gasteiger partial charge < -0.3 is 9.73 Å². The summed E-state index contributed by atoms with van der Waals surface area (Å²) in [4.78, 5) is 1.30. The summed E-state index contributed by atoms with van der Waals surface area (Å²) in [6.45, 7) is 5.21. The van der Waals surface area contributed by atoms with Crippen LogP contribution in [0.1, 0.15) is 37.7 Å². The van der Waals surface area contributed by atoms with E-state index in [9.17, 15) is 0 Å². The van der Waals surface area contributed by atoms with Crippen molar-refractivity contribution in [3.63, 3.8) is 0 Å². The smallest absolute Gasteiger partial charge is 0.123 e. The van der Waals surface area contributed by atoms with Crippen molar-refractivity contribution in [3.8, 4) is 0 Å². The molecule has 1 aliphatic carbocycles. The van der Waals surface area contributed by atoms with Crippen molar-refractivity contribution in [1.29, 1.82) is 0 Å². The average molecular weight is 287 g/mol. The van der Waals surface area contributed by atoms with Gasteiger partial charge in [-0.05, 0) is 42.4 Å². The van der Waals surface area contributed by atoms with E-state index in [0.29, 0.717) is 5.92 Å². The molecule has 2 unspecified atom stereocenters. The third-order valence-corrected chi connectivity index (χ3v) is 4.75. The molecule has 1 saturated carbocycles. The number of thioether (sulfide) groups is 1. The second kappa shape index (κ2) is 5.96. The Morgan fingerprint density at radius 2 is 2.05 bits per heavy atom. The molecule has 0 aliphatic heterocycles. The van der Waals surface area contributed by atoms with Crippen molar-refractivity contribution < 1.29 is 4.42 Å². The lowest BCUT2D eigenvalue weighted by atomic mass is 10.3. The Morgan fingerprint density at radius 1 is 1.25 bits per heavy atom. The van der Waals surface area contributed by atoms with Crippen LogP contribution in [-0.2, 0) is 6.54 Å². The first-order valence-corrected chi connectivity index (χ1v) is 8.30. The van der Waals surface area contributed by atoms with Gasteiger partial charge in [0.25, 0.3) is 0 Å². The van der Waals surface area contributed by atoms with E-state index in [1.807, 2.05) is 11.8 Å². The third-order valence-electron chi connectivity index (χ3n) is 3.80. The number of para-hydroxylation sites is 1. The van der Waals surface area contributed by atoms with Crippen LogP contribution < -0.4 is 5.32 Å². The Hall–Kier alpha value is -1.35. The molecule has 2 aromatic rings. The first kappa shape index (κ1) is 13.6. The Bertz CT molecular complexity index is 578. The van der Waals surface area contributed by atoms with Crippen LogP contribution in [0, 0.1) is 5.92 Å². The van der Waals surface area contributed by atoms with Gasteiger partial charge in [0.15, 0.2) is 0 Å². The van der Waals surface area contributed by atoms with E-state index in [0.717, 1.165) is 29.7 Å². The molecule has 1 aromatic carbocycles. The van der Waals surface area contributed by atoms with Gasteiger partial charge in [0, 0.05) is 16.5 Å². The minimum Gasteiger partial charge on any atom is -0.464 e. The molecule has 1 aliphatic rings. The Labute approximate surface area is 125 Å². The van der Waals surface area contributed by atoms with Crippen LogP contribution in [0.15, 0.2) is 45.7 Å². The molecule has 1 aromatic heterocycles. The van der Waals surface area contributed by atoms with Crippen LogP contribution in [-0.4, -0.2) is 5.75 Å². The van der Waals surface area contributed by atoms with E-state index in [1.54, 1.807) is 0 Å². The molecule has 0 spiro atoms. The number of hydrogen-bond acceptors (Lipinski definition) is 3. The molecule has 1 heterocycles. The van der Waals surface area contributed by atoms with Crippen LogP contribution in [0.4, 0.5) is 5.69 Å². The maximum absolute atomic E-state index is 5.93. The van der Waals surface area contributed by atoms with Crippen molar-refractivity contribution in [2.24, 2.45) is 5.92 Å². The third kappa shape index (κ3) is 3.04. The number of rotatable bonds is 6. The summed E-state index contributed by atoms with van der Waals surface area (Å²) in [6, 6.07) is 12.7. The molecule has 1 fully saturated rings. The number of nitrogens with one attached hydrogen (secondary N) is 1. The van der Waals surface area contributed by atoms with Gasteiger partial charge in [-0.3, -0.25) is 0 Å². The zero-order valence-electron chi connectivity index (χ0n) is 12.1. The van der Waals surface area contributed by atoms with E-state index in [1.165, 1.54) is 17.0 Å². The summed E-state index contributed by atoms with van der Waals surface area (Å²) >= 11 is 1.86. The van der Waals surface area contributed by atoms with Crippen molar-refractivity contribution in [2.45, 2.75) is 37.6 Å². The van der Waals surface area contributed by atoms with E-state index in [2.05, 4.69) is 55.6 Å². The summed E-state index contributed by atoms with van der Waals surface area (Å²) in [5.74, 6) is 4.72. The summed E-state index contributed by atoms with van der Waals surface area (Å²) in [5, 5.41) is 3.48. The topological polar surface area (TPSA) is 25.2 Å². The molecule has 106 valence electrons. The van der Waals surface area contributed by atoms with Crippen molar-refractivity contribution in [2.75, 3.05) is 11.1 Å². The van der Waals surface area contributed by atoms with E-state index < -0.39 is 0 Å². The van der Waals surface area contributed by atoms with Crippen molar-refractivity contribution in [1.82, 2.24) is 0 Å². The van der Waals surface area contributed by atoms with Gasteiger partial charge in [-0.1, -0.05) is 26.0 Å². The molecule has 0 saturated heterocycles. The highest BCUT2D eigenvalue weighted by molar-refractivity contribution is 7.99. The van der Waals surface area contributed by atoms with Gasteiger partial charge in [-0.2, -0.15) is 0 Å². The zero-order valence-corrected chi connectivity index (χ0v) is 12.9. The summed E-state index contributed by atoms with van der Waals surface area (Å²) < 4.78 is 5.93. The molecular weight excluding hydrogens is 266 g/mol. The molecular formula is C17H21NOS. The van der Waals surface area contributed by atoms with Crippen LogP contribution in [0.3, 0.4) is 0 Å². The van der Waals surface area contributed by atoms with Crippen molar-refractivity contribution in [3.05, 3.63) is 47.9 Å². The second-order valence-electron chi connectivity index (χ2n) is 5.41. The Morgan fingerprint density at radius 3 is 2.80 bits per heavy atom. The molecule has 0 amide bonds. The molecule has 3 rings (SSSR count). The van der Waals surface area contributed by atoms with Crippen LogP contribution >= 0.6 is 11.8 Å². The minimum absolute atomic E-state index is 0.659. The lowest BCUT2D eigenvalue weighted by molar-refractivity contribution is 0.468. The van der Waals surface area contributed by atoms with Gasteiger partial charge in [0.05, 0.1) is 6.54 Å². The number of anilines is 1. The maximum atomic E-state index is 5.93. The predicted octanol–water partition coefficient (Wildman–Crippen LogP) is 5.13. The number of hydrogen-bond donors (Lipinski definition) is 1. The first-order valence-electron chi connectivity index (χ1n) is 7.32. The number of benzene rings is 1. The normalized spacial score (nSPS) is 20.9. The van der Waals surface area contributed by atoms with Gasteiger partial charge in [-0.15, -0.1) is 11.8 Å². The highest BCUT2D eigenvalue weighted by Crippen LogP contribution is 2.47. The molecule has 0 radical (unpaired) electrons. The predicted molar refractivity (Wildman–Crippen MR) is 85.4 cm³/mol. The largest absolute Gasteiger partial charge is 0.464 e. The fourth-order valence-electron chi connectivity index (χ4n) is 2.48. The van der Waals surface area contributed by atoms with Crippen LogP contribution in [0.2, 0.25) is 0 Å². The summed E-state index contributed by atoms with van der Waals surface area (Å²) in [6.07, 6.45) is 1.27. The fraction of sp³-hybridized carbons (Fsp3) is 0.412. The zero-order chi connectivity index (χ0) is 13.9. The second-order valence-corrected chi connectivity index (χ2v) is 6.71. The molecule has 20 heavy (non-hydrogen) atoms. The standard InChI is InChI=1S/C17H21NOS/c1-3-20-17-7-5-4-6-15(17)18-11-13-8-9-16(19-13)14-10-12(14)2/h4-9,12,14,18H,3,10-11H2,1-2H3. The molecule has 1 N–H and O–H groups in total. The van der Waals surface area contributed by atoms with Crippen molar-refractivity contribution >= 4 is 17.4 Å². The monoisotopic (exact) mass is 287 g/mol. The molecule has 0 bridgehead atoms. The van der Waals surface area contributed by atoms with Gasteiger partial charge in [-0.25, -0.2) is 0 Å². The molecule has 2 nitrogen and oxygen atoms in total. The number of furan rings is 1. The lowest BCUT2D eigenvalue weighted by Crippen LogP contribution is -1.99. The van der Waals surface area contributed by atoms with E-state index in [4.69, 9.17) is 4.42 Å². The highest BCUT2D eigenvalue weighted by atomic mass is 32.2.